The van der Waals surface area contributed by atoms with Crippen LogP contribution in [-0.4, -0.2) is 17.6 Å². The molecule has 1 rings (SSSR count). The summed E-state index contributed by atoms with van der Waals surface area (Å²) in [4.78, 5) is 15.2. The molecule has 0 radical (unpaired) electrons. The SMILES string of the molecule is CCOC(=O)c1cc(CN)nc(C(F)F)c1Br. The van der Waals surface area contributed by atoms with Crippen molar-refractivity contribution in [2.24, 2.45) is 5.73 Å². The maximum atomic E-state index is 12.7. The number of esters is 1. The molecule has 0 saturated heterocycles. The van der Waals surface area contributed by atoms with Gasteiger partial charge in [0, 0.05) is 6.54 Å². The first-order chi connectivity index (χ1) is 8.01. The van der Waals surface area contributed by atoms with Gasteiger partial charge in [-0.2, -0.15) is 0 Å². The second-order valence-corrected chi connectivity index (χ2v) is 3.88. The predicted molar refractivity (Wildman–Crippen MR) is 60.7 cm³/mol. The first kappa shape index (κ1) is 14.0. The van der Waals surface area contributed by atoms with Crippen LogP contribution >= 0.6 is 15.9 Å². The first-order valence-electron chi connectivity index (χ1n) is 4.85. The smallest absolute Gasteiger partial charge is 0.339 e. The largest absolute Gasteiger partial charge is 0.462 e. The van der Waals surface area contributed by atoms with Crippen LogP contribution < -0.4 is 5.73 Å². The Labute approximate surface area is 105 Å². The van der Waals surface area contributed by atoms with Gasteiger partial charge in [-0.3, -0.25) is 0 Å². The van der Waals surface area contributed by atoms with Crippen molar-refractivity contribution in [1.82, 2.24) is 4.98 Å². The molecule has 94 valence electrons. The number of pyridine rings is 1. The minimum Gasteiger partial charge on any atom is -0.462 e. The number of hydrogen-bond acceptors (Lipinski definition) is 4. The molecule has 17 heavy (non-hydrogen) atoms. The molecule has 0 bridgehead atoms. The standard InChI is InChI=1S/C10H11BrF2N2O2/c1-2-17-10(16)6-3-5(4-14)15-8(7(6)11)9(12)13/h3,9H,2,4,14H2,1H3. The molecule has 0 saturated carbocycles. The lowest BCUT2D eigenvalue weighted by molar-refractivity contribution is 0.0524. The van der Waals surface area contributed by atoms with Crippen molar-refractivity contribution < 1.29 is 18.3 Å². The lowest BCUT2D eigenvalue weighted by Crippen LogP contribution is -2.11. The Hall–Kier alpha value is -1.08. The summed E-state index contributed by atoms with van der Waals surface area (Å²) in [5.74, 6) is -0.682. The van der Waals surface area contributed by atoms with Gasteiger partial charge >= 0.3 is 5.97 Å². The van der Waals surface area contributed by atoms with E-state index in [0.717, 1.165) is 0 Å². The summed E-state index contributed by atoms with van der Waals surface area (Å²) in [7, 11) is 0. The van der Waals surface area contributed by atoms with Gasteiger partial charge in [-0.1, -0.05) is 0 Å². The summed E-state index contributed by atoms with van der Waals surface area (Å²) in [6.07, 6.45) is -2.79. The zero-order valence-electron chi connectivity index (χ0n) is 9.04. The lowest BCUT2D eigenvalue weighted by atomic mass is 10.2. The first-order valence-corrected chi connectivity index (χ1v) is 5.65. The van der Waals surface area contributed by atoms with E-state index in [1.54, 1.807) is 6.92 Å². The maximum absolute atomic E-state index is 12.7. The van der Waals surface area contributed by atoms with E-state index in [4.69, 9.17) is 10.5 Å². The number of hydrogen-bond donors (Lipinski definition) is 1. The number of nitrogens with zero attached hydrogens (tertiary/aromatic N) is 1. The topological polar surface area (TPSA) is 65.2 Å². The Morgan fingerprint density at radius 2 is 2.29 bits per heavy atom. The van der Waals surface area contributed by atoms with Crippen molar-refractivity contribution in [2.75, 3.05) is 6.61 Å². The Bertz CT molecular complexity index is 427. The molecule has 0 aromatic carbocycles. The molecule has 4 nitrogen and oxygen atoms in total. The van der Waals surface area contributed by atoms with Gasteiger partial charge in [0.25, 0.3) is 6.43 Å². The third-order valence-electron chi connectivity index (χ3n) is 1.95. The highest BCUT2D eigenvalue weighted by Crippen LogP contribution is 2.29. The summed E-state index contributed by atoms with van der Waals surface area (Å²) in [5.41, 5.74) is 5.06. The molecule has 0 aliphatic carbocycles. The van der Waals surface area contributed by atoms with E-state index in [1.165, 1.54) is 6.07 Å². The van der Waals surface area contributed by atoms with Gasteiger partial charge in [-0.25, -0.2) is 18.6 Å². The van der Waals surface area contributed by atoms with Crippen LogP contribution in [0.3, 0.4) is 0 Å². The van der Waals surface area contributed by atoms with Crippen LogP contribution in [0.2, 0.25) is 0 Å². The number of alkyl halides is 2. The minimum absolute atomic E-state index is 0.0117. The monoisotopic (exact) mass is 308 g/mol. The van der Waals surface area contributed by atoms with Crippen molar-refractivity contribution in [3.63, 3.8) is 0 Å². The third-order valence-corrected chi connectivity index (χ3v) is 2.78. The second-order valence-electron chi connectivity index (χ2n) is 3.09. The number of halogens is 3. The van der Waals surface area contributed by atoms with Crippen molar-refractivity contribution in [3.05, 3.63) is 27.5 Å². The van der Waals surface area contributed by atoms with Crippen LogP contribution in [-0.2, 0) is 11.3 Å². The predicted octanol–water partition coefficient (Wildman–Crippen LogP) is 2.42. The normalized spacial score (nSPS) is 10.7. The number of nitrogens with two attached hydrogens (primary N) is 1. The van der Waals surface area contributed by atoms with Crippen molar-refractivity contribution in [3.8, 4) is 0 Å². The van der Waals surface area contributed by atoms with Gasteiger partial charge in [-0.05, 0) is 28.9 Å². The highest BCUT2D eigenvalue weighted by Gasteiger charge is 2.22. The van der Waals surface area contributed by atoms with E-state index in [0.29, 0.717) is 0 Å². The van der Waals surface area contributed by atoms with Gasteiger partial charge < -0.3 is 10.5 Å². The molecule has 0 unspecified atom stereocenters. The summed E-state index contributed by atoms with van der Waals surface area (Å²) < 4.78 is 30.1. The van der Waals surface area contributed by atoms with Gasteiger partial charge in [0.15, 0.2) is 0 Å². The van der Waals surface area contributed by atoms with Crippen LogP contribution in [0.1, 0.15) is 35.1 Å². The summed E-state index contributed by atoms with van der Waals surface area (Å²) in [6.45, 7) is 1.76. The third kappa shape index (κ3) is 3.19. The van der Waals surface area contributed by atoms with E-state index >= 15 is 0 Å². The highest BCUT2D eigenvalue weighted by atomic mass is 79.9. The minimum atomic E-state index is -2.79. The average molecular weight is 309 g/mol. The molecule has 0 amide bonds. The van der Waals surface area contributed by atoms with Crippen molar-refractivity contribution in [1.29, 1.82) is 0 Å². The van der Waals surface area contributed by atoms with Crippen molar-refractivity contribution >= 4 is 21.9 Å². The molecule has 0 aliphatic heterocycles. The van der Waals surface area contributed by atoms with E-state index in [9.17, 15) is 13.6 Å². The van der Waals surface area contributed by atoms with Crippen LogP contribution in [0.15, 0.2) is 10.5 Å². The van der Waals surface area contributed by atoms with Crippen LogP contribution in [0.25, 0.3) is 0 Å². The summed E-state index contributed by atoms with van der Waals surface area (Å²) in [6, 6.07) is 1.34. The number of carbonyl (C=O) groups excluding carboxylic acids is 1. The number of aromatic nitrogens is 1. The van der Waals surface area contributed by atoms with Crippen LogP contribution in [0.4, 0.5) is 8.78 Å². The summed E-state index contributed by atoms with van der Waals surface area (Å²) in [5, 5.41) is 0. The Morgan fingerprint density at radius 3 is 2.76 bits per heavy atom. The molecular formula is C10H11BrF2N2O2. The van der Waals surface area contributed by atoms with Crippen LogP contribution in [0.5, 0.6) is 0 Å². The number of carbonyl (C=O) groups is 1. The molecule has 0 atom stereocenters. The van der Waals surface area contributed by atoms with Gasteiger partial charge in [0.2, 0.25) is 0 Å². The quantitative estimate of drug-likeness (QED) is 0.868. The Balaban J connectivity index is 3.28. The van der Waals surface area contributed by atoms with E-state index < -0.39 is 18.1 Å². The fraction of sp³-hybridized carbons (Fsp3) is 0.400. The van der Waals surface area contributed by atoms with Gasteiger partial charge in [-0.15, -0.1) is 0 Å². The molecule has 1 aromatic rings. The summed E-state index contributed by atoms with van der Waals surface area (Å²) >= 11 is 2.93. The fourth-order valence-electron chi connectivity index (χ4n) is 1.21. The second kappa shape index (κ2) is 6.02. The molecule has 0 aliphatic rings. The average Bonchev–Trinajstić information content (AvgIpc) is 2.29. The van der Waals surface area contributed by atoms with E-state index in [-0.39, 0.29) is 28.9 Å². The number of rotatable bonds is 4. The van der Waals surface area contributed by atoms with E-state index in [1.807, 2.05) is 0 Å². The van der Waals surface area contributed by atoms with Crippen LogP contribution in [0, 0.1) is 0 Å². The molecule has 0 fully saturated rings. The Morgan fingerprint density at radius 1 is 1.65 bits per heavy atom. The molecule has 1 heterocycles. The zero-order valence-corrected chi connectivity index (χ0v) is 10.6. The molecule has 7 heteroatoms. The Kier molecular flexibility index (Phi) is 4.95. The molecule has 0 spiro atoms. The van der Waals surface area contributed by atoms with Crippen molar-refractivity contribution in [2.45, 2.75) is 19.9 Å². The zero-order chi connectivity index (χ0) is 13.0. The van der Waals surface area contributed by atoms with E-state index in [2.05, 4.69) is 20.9 Å². The lowest BCUT2D eigenvalue weighted by Gasteiger charge is -2.10. The van der Waals surface area contributed by atoms with Gasteiger partial charge in [0.05, 0.1) is 22.3 Å². The van der Waals surface area contributed by atoms with Gasteiger partial charge in [0.1, 0.15) is 5.69 Å². The highest BCUT2D eigenvalue weighted by molar-refractivity contribution is 9.10. The fourth-order valence-corrected chi connectivity index (χ4v) is 1.75. The number of ether oxygens (including phenoxy) is 1. The molecule has 1 aromatic heterocycles. The maximum Gasteiger partial charge on any atom is 0.339 e. The molecular weight excluding hydrogens is 298 g/mol. The molecule has 2 N–H and O–H groups in total.